The Morgan fingerprint density at radius 2 is 1.88 bits per heavy atom. The van der Waals surface area contributed by atoms with E-state index in [1.807, 2.05) is 48.5 Å². The van der Waals surface area contributed by atoms with Crippen molar-refractivity contribution in [2.45, 2.75) is 12.4 Å². The van der Waals surface area contributed by atoms with E-state index in [1.165, 1.54) is 0 Å². The summed E-state index contributed by atoms with van der Waals surface area (Å²) in [4.78, 5) is 4.48. The first-order chi connectivity index (χ1) is 11.8. The predicted octanol–water partition coefficient (Wildman–Crippen LogP) is 3.45. The molecule has 0 saturated carbocycles. The summed E-state index contributed by atoms with van der Waals surface area (Å²) in [5.74, 6) is 0.903. The van der Waals surface area contributed by atoms with Gasteiger partial charge in [0.25, 0.3) is 0 Å². The van der Waals surface area contributed by atoms with Gasteiger partial charge in [-0.3, -0.25) is 4.99 Å². The number of halogens is 2. The number of fused-ring (bicyclic) bond motifs is 1. The van der Waals surface area contributed by atoms with E-state index in [0.29, 0.717) is 35.5 Å². The lowest BCUT2D eigenvalue weighted by Gasteiger charge is -2.37. The second kappa shape index (κ2) is 7.52. The summed E-state index contributed by atoms with van der Waals surface area (Å²) in [6.45, 7) is 1.97. The number of ether oxygens (including phenoxy) is 3. The minimum absolute atomic E-state index is 0. The molecule has 1 atom stereocenters. The molecule has 1 unspecified atom stereocenters. The van der Waals surface area contributed by atoms with Crippen LogP contribution in [0, 0.1) is 0 Å². The molecule has 0 spiro atoms. The molecule has 0 aromatic heterocycles. The topological polar surface area (TPSA) is 52.1 Å². The Kier molecular flexibility index (Phi) is 5.37. The average molecular weight is 381 g/mol. The van der Waals surface area contributed by atoms with Crippen molar-refractivity contribution in [2.75, 3.05) is 19.7 Å². The fourth-order valence-electron chi connectivity index (χ4n) is 2.75. The van der Waals surface area contributed by atoms with Gasteiger partial charge in [0.15, 0.2) is 23.9 Å². The Hall–Kier alpha value is -1.95. The van der Waals surface area contributed by atoms with Crippen LogP contribution in [0.25, 0.3) is 0 Å². The van der Waals surface area contributed by atoms with Gasteiger partial charge in [-0.05, 0) is 23.8 Å². The lowest BCUT2D eigenvalue weighted by atomic mass is 10.2. The van der Waals surface area contributed by atoms with Gasteiger partial charge < -0.3 is 19.5 Å². The third kappa shape index (κ3) is 3.54. The van der Waals surface area contributed by atoms with Crippen LogP contribution in [-0.2, 0) is 11.3 Å². The molecule has 2 aliphatic heterocycles. The number of amidine groups is 1. The first-order valence-electron chi connectivity index (χ1n) is 7.84. The Morgan fingerprint density at radius 1 is 1.12 bits per heavy atom. The Balaban J connectivity index is 0.00000182. The first kappa shape index (κ1) is 17.9. The summed E-state index contributed by atoms with van der Waals surface area (Å²) < 4.78 is 18.2. The van der Waals surface area contributed by atoms with E-state index >= 15 is 0 Å². The zero-order valence-corrected chi connectivity index (χ0v) is 15.0. The van der Waals surface area contributed by atoms with E-state index in [9.17, 15) is 0 Å². The number of rotatable bonds is 4. The SMILES string of the molecule is Cl.Clc1ccccc1COC1(C2=NCCN2)COc2ccccc2O1. The maximum absolute atomic E-state index is 6.23. The van der Waals surface area contributed by atoms with Gasteiger partial charge in [0.05, 0.1) is 13.2 Å². The van der Waals surface area contributed by atoms with Crippen molar-refractivity contribution in [2.24, 2.45) is 4.99 Å². The van der Waals surface area contributed by atoms with Gasteiger partial charge in [-0.1, -0.05) is 41.9 Å². The minimum Gasteiger partial charge on any atom is -0.482 e. The van der Waals surface area contributed by atoms with Crippen molar-refractivity contribution in [3.8, 4) is 11.5 Å². The Bertz CT molecular complexity index is 784. The molecular weight excluding hydrogens is 363 g/mol. The third-order valence-corrected chi connectivity index (χ3v) is 4.36. The van der Waals surface area contributed by atoms with E-state index in [-0.39, 0.29) is 19.0 Å². The van der Waals surface area contributed by atoms with Gasteiger partial charge in [0.1, 0.15) is 0 Å². The van der Waals surface area contributed by atoms with Crippen molar-refractivity contribution in [1.29, 1.82) is 0 Å². The second-order valence-corrected chi connectivity index (χ2v) is 6.03. The molecule has 0 bridgehead atoms. The van der Waals surface area contributed by atoms with Crippen LogP contribution in [-0.4, -0.2) is 31.3 Å². The molecule has 4 rings (SSSR count). The van der Waals surface area contributed by atoms with Crippen molar-refractivity contribution in [1.82, 2.24) is 5.32 Å². The van der Waals surface area contributed by atoms with E-state index in [4.69, 9.17) is 25.8 Å². The average Bonchev–Trinajstić information content (AvgIpc) is 3.16. The molecule has 0 fully saturated rings. The molecule has 5 nitrogen and oxygen atoms in total. The highest BCUT2D eigenvalue weighted by molar-refractivity contribution is 6.31. The van der Waals surface area contributed by atoms with Gasteiger partial charge in [-0.25, -0.2) is 0 Å². The van der Waals surface area contributed by atoms with Crippen LogP contribution in [0.15, 0.2) is 53.5 Å². The lowest BCUT2D eigenvalue weighted by Crippen LogP contribution is -2.57. The maximum atomic E-state index is 6.23. The molecule has 7 heteroatoms. The third-order valence-electron chi connectivity index (χ3n) is 4.00. The van der Waals surface area contributed by atoms with Crippen molar-refractivity contribution < 1.29 is 14.2 Å². The molecule has 1 N–H and O–H groups in total. The number of aliphatic imine (C=N–C) groups is 1. The van der Waals surface area contributed by atoms with Crippen LogP contribution < -0.4 is 14.8 Å². The van der Waals surface area contributed by atoms with Crippen LogP contribution in [0.1, 0.15) is 5.56 Å². The number of hydrogen-bond donors (Lipinski definition) is 1. The summed E-state index contributed by atoms with van der Waals surface area (Å²) in [5, 5.41) is 3.89. The highest BCUT2D eigenvalue weighted by Gasteiger charge is 2.45. The minimum atomic E-state index is -1.09. The van der Waals surface area contributed by atoms with Gasteiger partial charge >= 0.3 is 5.79 Å². The predicted molar refractivity (Wildman–Crippen MR) is 99.1 cm³/mol. The normalized spacial score (nSPS) is 21.1. The summed E-state index contributed by atoms with van der Waals surface area (Å²) >= 11 is 6.23. The van der Waals surface area contributed by atoms with Gasteiger partial charge in [-0.2, -0.15) is 0 Å². The van der Waals surface area contributed by atoms with E-state index in [2.05, 4.69) is 10.3 Å². The molecule has 2 heterocycles. The Labute approximate surface area is 157 Å². The summed E-state index contributed by atoms with van der Waals surface area (Å²) in [7, 11) is 0. The fourth-order valence-corrected chi connectivity index (χ4v) is 2.94. The van der Waals surface area contributed by atoms with E-state index in [0.717, 1.165) is 12.1 Å². The molecule has 0 aliphatic carbocycles. The van der Waals surface area contributed by atoms with Gasteiger partial charge in [-0.15, -0.1) is 12.4 Å². The molecule has 0 saturated heterocycles. The van der Waals surface area contributed by atoms with Crippen LogP contribution in [0.4, 0.5) is 0 Å². The molecule has 132 valence electrons. The number of nitrogens with zero attached hydrogens (tertiary/aromatic N) is 1. The highest BCUT2D eigenvalue weighted by Crippen LogP contribution is 2.36. The summed E-state index contributed by atoms with van der Waals surface area (Å²) in [6, 6.07) is 15.1. The smallest absolute Gasteiger partial charge is 0.304 e. The maximum Gasteiger partial charge on any atom is 0.304 e. The van der Waals surface area contributed by atoms with E-state index < -0.39 is 5.79 Å². The molecular formula is C18H18Cl2N2O3. The van der Waals surface area contributed by atoms with Crippen LogP contribution in [0.3, 0.4) is 0 Å². The van der Waals surface area contributed by atoms with Crippen molar-refractivity contribution in [3.05, 3.63) is 59.1 Å². The zero-order valence-electron chi connectivity index (χ0n) is 13.4. The molecule has 0 radical (unpaired) electrons. The van der Waals surface area contributed by atoms with Gasteiger partial charge in [0, 0.05) is 11.6 Å². The number of hydrogen-bond acceptors (Lipinski definition) is 5. The first-order valence-corrected chi connectivity index (χ1v) is 8.22. The summed E-state index contributed by atoms with van der Waals surface area (Å²) in [5.41, 5.74) is 0.889. The Morgan fingerprint density at radius 3 is 2.64 bits per heavy atom. The van der Waals surface area contributed by atoms with Crippen LogP contribution >= 0.6 is 24.0 Å². The van der Waals surface area contributed by atoms with Crippen molar-refractivity contribution in [3.63, 3.8) is 0 Å². The fraction of sp³-hybridized carbons (Fsp3) is 0.278. The number of nitrogens with one attached hydrogen (secondary N) is 1. The lowest BCUT2D eigenvalue weighted by molar-refractivity contribution is -0.172. The number of para-hydroxylation sites is 2. The summed E-state index contributed by atoms with van der Waals surface area (Å²) in [6.07, 6.45) is 0. The molecule has 2 aromatic carbocycles. The van der Waals surface area contributed by atoms with E-state index in [1.54, 1.807) is 0 Å². The van der Waals surface area contributed by atoms with Crippen LogP contribution in [0.2, 0.25) is 5.02 Å². The molecule has 2 aromatic rings. The monoisotopic (exact) mass is 380 g/mol. The van der Waals surface area contributed by atoms with Crippen LogP contribution in [0.5, 0.6) is 11.5 Å². The molecule has 0 amide bonds. The highest BCUT2D eigenvalue weighted by atomic mass is 35.5. The zero-order chi connectivity index (χ0) is 16.4. The quantitative estimate of drug-likeness (QED) is 0.882. The largest absolute Gasteiger partial charge is 0.482 e. The van der Waals surface area contributed by atoms with Crippen molar-refractivity contribution >= 4 is 29.8 Å². The molecule has 2 aliphatic rings. The second-order valence-electron chi connectivity index (χ2n) is 5.63. The molecule has 25 heavy (non-hydrogen) atoms. The number of benzene rings is 2. The standard InChI is InChI=1S/C18H17ClN2O3.ClH/c19-14-6-2-1-5-13(14)11-23-18(17-20-9-10-21-17)12-22-15-7-3-4-8-16(15)24-18;/h1-8H,9-12H2,(H,20,21);1H. The van der Waals surface area contributed by atoms with Gasteiger partial charge in [0.2, 0.25) is 0 Å².